The van der Waals surface area contributed by atoms with Gasteiger partial charge in [0.15, 0.2) is 0 Å². The van der Waals surface area contributed by atoms with Gasteiger partial charge in [-0.2, -0.15) is 5.10 Å². The molecule has 2 heterocycles. The molecule has 2 aromatic rings. The Morgan fingerprint density at radius 3 is 2.60 bits per heavy atom. The first-order valence-corrected chi connectivity index (χ1v) is 5.20. The van der Waals surface area contributed by atoms with E-state index in [0.717, 1.165) is 17.8 Å². The third kappa shape index (κ3) is 2.43. The van der Waals surface area contributed by atoms with Crippen molar-refractivity contribution in [3.8, 4) is 5.69 Å². The summed E-state index contributed by atoms with van der Waals surface area (Å²) in [6.07, 6.45) is 6.57. The van der Waals surface area contributed by atoms with Gasteiger partial charge in [-0.15, -0.1) is 0 Å². The summed E-state index contributed by atoms with van der Waals surface area (Å²) in [5.41, 5.74) is 2.20. The third-order valence-electron chi connectivity index (χ3n) is 2.19. The first-order chi connectivity index (χ1) is 7.25. The SMILES string of the molecule is CC(C)Cc1ccn(-c2ccncc2)n1. The standard InChI is InChI=1S/C12H15N3/c1-10(2)9-11-5-8-15(14-11)12-3-6-13-7-4-12/h3-8,10H,9H2,1-2H3. The van der Waals surface area contributed by atoms with E-state index in [-0.39, 0.29) is 0 Å². The summed E-state index contributed by atoms with van der Waals surface area (Å²) in [5, 5.41) is 4.51. The topological polar surface area (TPSA) is 30.7 Å². The minimum atomic E-state index is 0.644. The molecule has 3 heteroatoms. The van der Waals surface area contributed by atoms with Crippen LogP contribution in [0.1, 0.15) is 19.5 Å². The van der Waals surface area contributed by atoms with Gasteiger partial charge in [0.1, 0.15) is 0 Å². The summed E-state index contributed by atoms with van der Waals surface area (Å²) in [4.78, 5) is 3.98. The Morgan fingerprint density at radius 1 is 1.20 bits per heavy atom. The van der Waals surface area contributed by atoms with Gasteiger partial charge in [-0.25, -0.2) is 4.68 Å². The lowest BCUT2D eigenvalue weighted by Crippen LogP contribution is -1.98. The van der Waals surface area contributed by atoms with Gasteiger partial charge in [-0.1, -0.05) is 13.8 Å². The smallest absolute Gasteiger partial charge is 0.0676 e. The quantitative estimate of drug-likeness (QED) is 0.763. The molecule has 0 aliphatic rings. The van der Waals surface area contributed by atoms with Crippen LogP contribution in [0.15, 0.2) is 36.8 Å². The van der Waals surface area contributed by atoms with Crippen molar-refractivity contribution >= 4 is 0 Å². The molecule has 0 aromatic carbocycles. The van der Waals surface area contributed by atoms with Crippen molar-refractivity contribution in [1.82, 2.24) is 14.8 Å². The zero-order valence-corrected chi connectivity index (χ0v) is 9.09. The largest absolute Gasteiger partial charge is 0.265 e. The van der Waals surface area contributed by atoms with Crippen LogP contribution in [0.4, 0.5) is 0 Å². The zero-order valence-electron chi connectivity index (χ0n) is 9.09. The second-order valence-corrected chi connectivity index (χ2v) is 4.06. The van der Waals surface area contributed by atoms with Crippen molar-refractivity contribution in [3.63, 3.8) is 0 Å². The highest BCUT2D eigenvalue weighted by atomic mass is 15.3. The summed E-state index contributed by atoms with van der Waals surface area (Å²) in [5.74, 6) is 0.644. The summed E-state index contributed by atoms with van der Waals surface area (Å²) >= 11 is 0. The van der Waals surface area contributed by atoms with Gasteiger partial charge in [0.2, 0.25) is 0 Å². The molecule has 0 aliphatic heterocycles. The van der Waals surface area contributed by atoms with Gasteiger partial charge >= 0.3 is 0 Å². The molecular formula is C12H15N3. The van der Waals surface area contributed by atoms with Crippen molar-refractivity contribution < 1.29 is 0 Å². The highest BCUT2D eigenvalue weighted by molar-refractivity contribution is 5.27. The summed E-state index contributed by atoms with van der Waals surface area (Å²) < 4.78 is 1.89. The molecule has 0 unspecified atom stereocenters. The number of pyridine rings is 1. The number of hydrogen-bond acceptors (Lipinski definition) is 2. The maximum Gasteiger partial charge on any atom is 0.0676 e. The van der Waals surface area contributed by atoms with Crippen molar-refractivity contribution in [1.29, 1.82) is 0 Å². The molecule has 2 aromatic heterocycles. The van der Waals surface area contributed by atoms with Crippen LogP contribution >= 0.6 is 0 Å². The van der Waals surface area contributed by atoms with Crippen LogP contribution in [0, 0.1) is 5.92 Å². The molecule has 0 amide bonds. The van der Waals surface area contributed by atoms with Crippen LogP contribution in [0.3, 0.4) is 0 Å². The molecule has 3 nitrogen and oxygen atoms in total. The van der Waals surface area contributed by atoms with E-state index in [1.165, 1.54) is 0 Å². The van der Waals surface area contributed by atoms with E-state index in [0.29, 0.717) is 5.92 Å². The van der Waals surface area contributed by atoms with Crippen LogP contribution in [-0.2, 0) is 6.42 Å². The first kappa shape index (κ1) is 9.90. The Balaban J connectivity index is 2.21. The van der Waals surface area contributed by atoms with E-state index in [9.17, 15) is 0 Å². The van der Waals surface area contributed by atoms with Crippen LogP contribution in [0.2, 0.25) is 0 Å². The molecule has 0 fully saturated rings. The Morgan fingerprint density at radius 2 is 1.93 bits per heavy atom. The Hall–Kier alpha value is -1.64. The zero-order chi connectivity index (χ0) is 10.7. The highest BCUT2D eigenvalue weighted by Gasteiger charge is 2.02. The van der Waals surface area contributed by atoms with Crippen molar-refractivity contribution in [2.24, 2.45) is 5.92 Å². The monoisotopic (exact) mass is 201 g/mol. The van der Waals surface area contributed by atoms with Gasteiger partial charge in [0.05, 0.1) is 11.4 Å². The average molecular weight is 201 g/mol. The molecule has 0 saturated carbocycles. The fourth-order valence-electron chi connectivity index (χ4n) is 1.53. The Kier molecular flexibility index (Phi) is 2.81. The first-order valence-electron chi connectivity index (χ1n) is 5.20. The second-order valence-electron chi connectivity index (χ2n) is 4.06. The fraction of sp³-hybridized carbons (Fsp3) is 0.333. The minimum Gasteiger partial charge on any atom is -0.265 e. The lowest BCUT2D eigenvalue weighted by molar-refractivity contribution is 0.628. The molecule has 0 N–H and O–H groups in total. The van der Waals surface area contributed by atoms with Crippen LogP contribution in [-0.4, -0.2) is 14.8 Å². The minimum absolute atomic E-state index is 0.644. The van der Waals surface area contributed by atoms with E-state index in [4.69, 9.17) is 0 Å². The average Bonchev–Trinajstić information content (AvgIpc) is 2.67. The number of hydrogen-bond donors (Lipinski definition) is 0. The number of nitrogens with zero attached hydrogens (tertiary/aromatic N) is 3. The lowest BCUT2D eigenvalue weighted by atomic mass is 10.1. The van der Waals surface area contributed by atoms with E-state index < -0.39 is 0 Å². The predicted octanol–water partition coefficient (Wildman–Crippen LogP) is 2.47. The molecule has 78 valence electrons. The number of rotatable bonds is 3. The summed E-state index contributed by atoms with van der Waals surface area (Å²) in [7, 11) is 0. The second kappa shape index (κ2) is 4.26. The van der Waals surface area contributed by atoms with Gasteiger partial charge in [-0.05, 0) is 30.5 Å². The van der Waals surface area contributed by atoms with Gasteiger partial charge in [0, 0.05) is 18.6 Å². The Bertz CT molecular complexity index is 417. The van der Waals surface area contributed by atoms with Gasteiger partial charge in [-0.3, -0.25) is 4.98 Å². The molecule has 15 heavy (non-hydrogen) atoms. The molecule has 0 bridgehead atoms. The van der Waals surface area contributed by atoms with Crippen LogP contribution in [0.25, 0.3) is 5.69 Å². The van der Waals surface area contributed by atoms with Crippen molar-refractivity contribution in [2.75, 3.05) is 0 Å². The molecule has 0 saturated heterocycles. The summed E-state index contributed by atoms with van der Waals surface area (Å²) in [6, 6.07) is 5.97. The van der Waals surface area contributed by atoms with E-state index in [1.807, 2.05) is 23.0 Å². The molecule has 0 radical (unpaired) electrons. The molecule has 0 atom stereocenters. The van der Waals surface area contributed by atoms with Crippen molar-refractivity contribution in [3.05, 3.63) is 42.5 Å². The fourth-order valence-corrected chi connectivity index (χ4v) is 1.53. The Labute approximate surface area is 89.8 Å². The maximum atomic E-state index is 4.51. The maximum absolute atomic E-state index is 4.51. The lowest BCUT2D eigenvalue weighted by Gasteiger charge is -2.01. The molecule has 2 rings (SSSR count). The van der Waals surface area contributed by atoms with Crippen molar-refractivity contribution in [2.45, 2.75) is 20.3 Å². The van der Waals surface area contributed by atoms with Crippen LogP contribution < -0.4 is 0 Å². The van der Waals surface area contributed by atoms with E-state index in [1.54, 1.807) is 12.4 Å². The van der Waals surface area contributed by atoms with E-state index >= 15 is 0 Å². The number of aromatic nitrogens is 3. The normalized spacial score (nSPS) is 10.9. The predicted molar refractivity (Wildman–Crippen MR) is 59.9 cm³/mol. The van der Waals surface area contributed by atoms with Gasteiger partial charge < -0.3 is 0 Å². The van der Waals surface area contributed by atoms with Crippen LogP contribution in [0.5, 0.6) is 0 Å². The molecule has 0 spiro atoms. The summed E-state index contributed by atoms with van der Waals surface area (Å²) in [6.45, 7) is 4.40. The van der Waals surface area contributed by atoms with E-state index in [2.05, 4.69) is 30.0 Å². The van der Waals surface area contributed by atoms with Gasteiger partial charge in [0.25, 0.3) is 0 Å². The third-order valence-corrected chi connectivity index (χ3v) is 2.19. The molecular weight excluding hydrogens is 186 g/mol. The highest BCUT2D eigenvalue weighted by Crippen LogP contribution is 2.09. The molecule has 0 aliphatic carbocycles.